The number of ether oxygens (including phenoxy) is 1. The van der Waals surface area contributed by atoms with Gasteiger partial charge in [-0.1, -0.05) is 24.9 Å². The van der Waals surface area contributed by atoms with Crippen LogP contribution in [-0.2, 0) is 10.2 Å². The molecule has 0 aromatic carbocycles. The number of amides is 1. The Kier molecular flexibility index (Phi) is 5.62. The average Bonchev–Trinajstić information content (AvgIpc) is 2.55. The molecular formula is C16H20ClN3O2. The minimum atomic E-state index is -0.653. The predicted molar refractivity (Wildman–Crippen MR) is 83.6 cm³/mol. The van der Waals surface area contributed by atoms with E-state index in [2.05, 4.69) is 18.0 Å². The molecular weight excluding hydrogens is 302 g/mol. The molecule has 1 saturated heterocycles. The third-order valence-corrected chi connectivity index (χ3v) is 4.40. The molecule has 0 atom stereocenters. The molecule has 0 radical (unpaired) electrons. The van der Waals surface area contributed by atoms with Crippen LogP contribution in [0.3, 0.4) is 0 Å². The number of aromatic nitrogens is 1. The molecule has 5 nitrogen and oxygen atoms in total. The van der Waals surface area contributed by atoms with Crippen molar-refractivity contribution in [3.63, 3.8) is 0 Å². The maximum absolute atomic E-state index is 12.0. The summed E-state index contributed by atoms with van der Waals surface area (Å²) in [6.45, 7) is 3.49. The van der Waals surface area contributed by atoms with Gasteiger partial charge in [0.2, 0.25) is 0 Å². The van der Waals surface area contributed by atoms with Crippen LogP contribution in [0.15, 0.2) is 18.5 Å². The monoisotopic (exact) mass is 321 g/mol. The Balaban J connectivity index is 2.02. The van der Waals surface area contributed by atoms with E-state index in [1.54, 1.807) is 23.4 Å². The fraction of sp³-hybridized carbons (Fsp3) is 0.562. The minimum absolute atomic E-state index is 0.291. The molecule has 118 valence electrons. The Labute approximate surface area is 135 Å². The fourth-order valence-corrected chi connectivity index (χ4v) is 2.97. The summed E-state index contributed by atoms with van der Waals surface area (Å²) in [5.74, 6) is 0. The summed E-state index contributed by atoms with van der Waals surface area (Å²) in [5, 5.41) is 10.2. The molecule has 1 aliphatic heterocycles. The Hall–Kier alpha value is -1.80. The summed E-state index contributed by atoms with van der Waals surface area (Å²) in [7, 11) is 0. The number of likely N-dealkylation sites (tertiary alicyclic amines) is 1. The number of hydrogen-bond donors (Lipinski definition) is 0. The highest BCUT2D eigenvalue weighted by Gasteiger charge is 2.39. The van der Waals surface area contributed by atoms with Gasteiger partial charge in [0.1, 0.15) is 0 Å². The Bertz CT molecular complexity index is 563. The van der Waals surface area contributed by atoms with E-state index < -0.39 is 5.41 Å². The molecule has 0 spiro atoms. The van der Waals surface area contributed by atoms with E-state index >= 15 is 0 Å². The van der Waals surface area contributed by atoms with Crippen LogP contribution in [0.2, 0.25) is 5.02 Å². The van der Waals surface area contributed by atoms with E-state index in [-0.39, 0.29) is 6.09 Å². The lowest BCUT2D eigenvalue weighted by atomic mass is 9.74. The molecule has 1 aliphatic rings. The van der Waals surface area contributed by atoms with Crippen LogP contribution in [0.25, 0.3) is 0 Å². The summed E-state index contributed by atoms with van der Waals surface area (Å²) in [4.78, 5) is 17.6. The number of pyridine rings is 1. The maximum Gasteiger partial charge on any atom is 0.409 e. The molecule has 1 aromatic rings. The molecule has 0 unspecified atom stereocenters. The van der Waals surface area contributed by atoms with Gasteiger partial charge < -0.3 is 9.64 Å². The van der Waals surface area contributed by atoms with Crippen LogP contribution in [0.4, 0.5) is 4.79 Å². The number of hydrogen-bond acceptors (Lipinski definition) is 4. The quantitative estimate of drug-likeness (QED) is 0.796. The van der Waals surface area contributed by atoms with Crippen LogP contribution >= 0.6 is 11.6 Å². The second-order valence-corrected chi connectivity index (χ2v) is 5.91. The van der Waals surface area contributed by atoms with E-state index in [1.807, 2.05) is 0 Å². The molecule has 6 heteroatoms. The van der Waals surface area contributed by atoms with Crippen molar-refractivity contribution < 1.29 is 9.53 Å². The Morgan fingerprint density at radius 2 is 2.27 bits per heavy atom. The molecule has 1 aromatic heterocycles. The molecule has 0 aliphatic carbocycles. The minimum Gasteiger partial charge on any atom is -0.449 e. The van der Waals surface area contributed by atoms with Gasteiger partial charge in [0, 0.05) is 25.5 Å². The van der Waals surface area contributed by atoms with Gasteiger partial charge in [0.15, 0.2) is 0 Å². The second-order valence-electron chi connectivity index (χ2n) is 5.50. The first-order valence-corrected chi connectivity index (χ1v) is 7.93. The van der Waals surface area contributed by atoms with Crippen molar-refractivity contribution in [1.82, 2.24) is 9.88 Å². The summed E-state index contributed by atoms with van der Waals surface area (Å²) < 4.78 is 5.22. The van der Waals surface area contributed by atoms with Gasteiger partial charge in [0.25, 0.3) is 0 Å². The SMILES string of the molecule is CCCCOC(=O)N1CCC(C#N)(c2ccncc2Cl)CC1. The molecule has 1 fully saturated rings. The van der Waals surface area contributed by atoms with Crippen LogP contribution in [0.5, 0.6) is 0 Å². The first kappa shape index (κ1) is 16.6. The predicted octanol–water partition coefficient (Wildman–Crippen LogP) is 3.53. The first-order chi connectivity index (χ1) is 10.6. The number of nitrogens with zero attached hydrogens (tertiary/aromatic N) is 3. The van der Waals surface area contributed by atoms with E-state index in [0.717, 1.165) is 18.4 Å². The number of halogens is 1. The number of unbranched alkanes of at least 4 members (excludes halogenated alkanes) is 1. The normalized spacial score (nSPS) is 16.9. The highest BCUT2D eigenvalue weighted by atomic mass is 35.5. The number of piperidine rings is 1. The largest absolute Gasteiger partial charge is 0.449 e. The van der Waals surface area contributed by atoms with Gasteiger partial charge in [-0.05, 0) is 30.9 Å². The van der Waals surface area contributed by atoms with Gasteiger partial charge >= 0.3 is 6.09 Å². The third kappa shape index (κ3) is 3.50. The van der Waals surface area contributed by atoms with Gasteiger partial charge in [-0.2, -0.15) is 5.26 Å². The number of nitriles is 1. The van der Waals surface area contributed by atoms with Gasteiger partial charge in [-0.25, -0.2) is 4.79 Å². The third-order valence-electron chi connectivity index (χ3n) is 4.10. The number of carbonyl (C=O) groups excluding carboxylic acids is 1. The van der Waals surface area contributed by atoms with Crippen molar-refractivity contribution in [1.29, 1.82) is 5.26 Å². The molecule has 2 rings (SSSR count). The lowest BCUT2D eigenvalue weighted by Gasteiger charge is -2.37. The topological polar surface area (TPSA) is 66.2 Å². The van der Waals surface area contributed by atoms with Crippen molar-refractivity contribution in [2.24, 2.45) is 0 Å². The van der Waals surface area contributed by atoms with E-state index in [4.69, 9.17) is 16.3 Å². The zero-order valence-corrected chi connectivity index (χ0v) is 13.5. The van der Waals surface area contributed by atoms with Crippen molar-refractivity contribution in [3.05, 3.63) is 29.0 Å². The summed E-state index contributed by atoms with van der Waals surface area (Å²) in [6.07, 6.45) is 5.87. The second kappa shape index (κ2) is 7.46. The summed E-state index contributed by atoms with van der Waals surface area (Å²) >= 11 is 6.19. The number of rotatable bonds is 4. The molecule has 0 N–H and O–H groups in total. The first-order valence-electron chi connectivity index (χ1n) is 7.56. The van der Waals surface area contributed by atoms with Crippen molar-refractivity contribution in [3.8, 4) is 6.07 Å². The Morgan fingerprint density at radius 1 is 1.55 bits per heavy atom. The summed E-state index contributed by atoms with van der Waals surface area (Å²) in [6, 6.07) is 4.19. The molecule has 1 amide bonds. The van der Waals surface area contributed by atoms with E-state index in [9.17, 15) is 10.1 Å². The van der Waals surface area contributed by atoms with Crippen LogP contribution in [0, 0.1) is 11.3 Å². The molecule has 2 heterocycles. The number of carbonyl (C=O) groups is 1. The smallest absolute Gasteiger partial charge is 0.409 e. The zero-order chi connectivity index (χ0) is 16.0. The lowest BCUT2D eigenvalue weighted by Crippen LogP contribution is -2.45. The van der Waals surface area contributed by atoms with Crippen molar-refractivity contribution >= 4 is 17.7 Å². The molecule has 0 saturated carbocycles. The van der Waals surface area contributed by atoms with E-state index in [1.165, 1.54) is 0 Å². The van der Waals surface area contributed by atoms with Crippen LogP contribution in [0.1, 0.15) is 38.2 Å². The van der Waals surface area contributed by atoms with Crippen LogP contribution in [-0.4, -0.2) is 35.7 Å². The summed E-state index contributed by atoms with van der Waals surface area (Å²) in [5.41, 5.74) is 0.144. The van der Waals surface area contributed by atoms with Gasteiger partial charge in [0.05, 0.1) is 23.1 Å². The molecule has 0 bridgehead atoms. The fourth-order valence-electron chi connectivity index (χ4n) is 2.67. The molecule has 22 heavy (non-hydrogen) atoms. The highest BCUT2D eigenvalue weighted by Crippen LogP contribution is 2.38. The Morgan fingerprint density at radius 3 is 2.86 bits per heavy atom. The average molecular weight is 322 g/mol. The van der Waals surface area contributed by atoms with Gasteiger partial charge in [-0.3, -0.25) is 4.98 Å². The maximum atomic E-state index is 12.0. The van der Waals surface area contributed by atoms with Crippen molar-refractivity contribution in [2.75, 3.05) is 19.7 Å². The highest BCUT2D eigenvalue weighted by molar-refractivity contribution is 6.31. The van der Waals surface area contributed by atoms with Crippen LogP contribution < -0.4 is 0 Å². The standard InChI is InChI=1S/C16H20ClN3O2/c1-2-3-10-22-15(21)20-8-5-16(12-18,6-9-20)13-4-7-19-11-14(13)17/h4,7,11H,2-3,5-6,8-10H2,1H3. The van der Waals surface area contributed by atoms with E-state index in [0.29, 0.717) is 37.6 Å². The van der Waals surface area contributed by atoms with Crippen molar-refractivity contribution in [2.45, 2.75) is 38.0 Å². The van der Waals surface area contributed by atoms with Gasteiger partial charge in [-0.15, -0.1) is 0 Å². The lowest BCUT2D eigenvalue weighted by molar-refractivity contribution is 0.0870. The zero-order valence-electron chi connectivity index (χ0n) is 12.7.